The summed E-state index contributed by atoms with van der Waals surface area (Å²) >= 11 is 0. The van der Waals surface area contributed by atoms with Gasteiger partial charge in [0.2, 0.25) is 0 Å². The summed E-state index contributed by atoms with van der Waals surface area (Å²) in [4.78, 5) is 21.0. The lowest BCUT2D eigenvalue weighted by Gasteiger charge is -2.27. The predicted octanol–water partition coefficient (Wildman–Crippen LogP) is 3.94. The highest BCUT2D eigenvalue weighted by molar-refractivity contribution is 5.68. The lowest BCUT2D eigenvalue weighted by atomic mass is 9.87. The van der Waals surface area contributed by atoms with Gasteiger partial charge in [-0.1, -0.05) is 34.6 Å². The van der Waals surface area contributed by atoms with Crippen LogP contribution in [0.1, 0.15) is 70.3 Å². The number of aliphatic hydroxyl groups is 1. The van der Waals surface area contributed by atoms with Gasteiger partial charge in [-0.2, -0.15) is 0 Å². The van der Waals surface area contributed by atoms with Crippen LogP contribution in [0, 0.1) is 12.3 Å². The molecular formula is C21H32N4O3. The van der Waals surface area contributed by atoms with Crippen molar-refractivity contribution >= 4 is 6.09 Å². The van der Waals surface area contributed by atoms with Crippen LogP contribution in [0.5, 0.6) is 0 Å². The van der Waals surface area contributed by atoms with Crippen molar-refractivity contribution in [3.05, 3.63) is 35.5 Å². The zero-order chi connectivity index (χ0) is 21.1. The number of hydrogen-bond donors (Lipinski definition) is 2. The number of imidazole rings is 1. The van der Waals surface area contributed by atoms with E-state index >= 15 is 0 Å². The molecule has 0 aliphatic carbocycles. The summed E-state index contributed by atoms with van der Waals surface area (Å²) in [7, 11) is 0. The first kappa shape index (κ1) is 21.9. The molecule has 0 saturated heterocycles. The third kappa shape index (κ3) is 5.10. The van der Waals surface area contributed by atoms with Crippen LogP contribution in [-0.4, -0.2) is 32.3 Å². The van der Waals surface area contributed by atoms with Crippen molar-refractivity contribution in [3.63, 3.8) is 0 Å². The quantitative estimate of drug-likeness (QED) is 0.748. The van der Waals surface area contributed by atoms with E-state index in [1.165, 1.54) is 0 Å². The lowest BCUT2D eigenvalue weighted by Crippen LogP contribution is -2.24. The van der Waals surface area contributed by atoms with E-state index in [2.05, 4.69) is 39.6 Å². The molecule has 0 aliphatic rings. The molecule has 0 radical (unpaired) electrons. The van der Waals surface area contributed by atoms with Crippen LogP contribution in [0.4, 0.5) is 4.79 Å². The van der Waals surface area contributed by atoms with Gasteiger partial charge in [0, 0.05) is 18.3 Å². The maximum absolute atomic E-state index is 11.7. The molecule has 2 aromatic heterocycles. The number of pyridine rings is 1. The molecule has 0 aliphatic heterocycles. The fraction of sp³-hybridized carbons (Fsp3) is 0.571. The van der Waals surface area contributed by atoms with Gasteiger partial charge in [0.1, 0.15) is 11.9 Å². The van der Waals surface area contributed by atoms with Crippen molar-refractivity contribution in [2.24, 2.45) is 11.1 Å². The molecule has 0 fully saturated rings. The SMILES string of the molecule is Cc1nc(-c2cccnc2C(C)C)c(C(CC(C)(C)C)OC(N)=O)n1CCO. The van der Waals surface area contributed by atoms with Crippen LogP contribution >= 0.6 is 0 Å². The molecule has 0 saturated carbocycles. The Bertz CT molecular complexity index is 822. The predicted molar refractivity (Wildman–Crippen MR) is 109 cm³/mol. The summed E-state index contributed by atoms with van der Waals surface area (Å²) in [5.41, 5.74) is 8.57. The third-order valence-corrected chi connectivity index (χ3v) is 4.52. The van der Waals surface area contributed by atoms with Gasteiger partial charge in [-0.05, 0) is 36.8 Å². The third-order valence-electron chi connectivity index (χ3n) is 4.52. The van der Waals surface area contributed by atoms with Gasteiger partial charge >= 0.3 is 6.09 Å². The minimum absolute atomic E-state index is 0.0491. The van der Waals surface area contributed by atoms with Gasteiger partial charge < -0.3 is 20.1 Å². The Balaban J connectivity index is 2.74. The Kier molecular flexibility index (Phi) is 6.82. The van der Waals surface area contributed by atoms with Gasteiger partial charge in [0.25, 0.3) is 0 Å². The monoisotopic (exact) mass is 388 g/mol. The van der Waals surface area contributed by atoms with E-state index in [1.807, 2.05) is 23.6 Å². The van der Waals surface area contributed by atoms with E-state index < -0.39 is 12.2 Å². The number of nitrogens with two attached hydrogens (primary N) is 1. The number of nitrogens with zero attached hydrogens (tertiary/aromatic N) is 3. The molecule has 28 heavy (non-hydrogen) atoms. The molecule has 154 valence electrons. The number of rotatable bonds is 7. The zero-order valence-corrected chi connectivity index (χ0v) is 17.7. The van der Waals surface area contributed by atoms with Gasteiger partial charge in [0.05, 0.1) is 23.7 Å². The number of aliphatic hydroxyl groups excluding tert-OH is 1. The summed E-state index contributed by atoms with van der Waals surface area (Å²) in [6.45, 7) is 12.6. The zero-order valence-electron chi connectivity index (χ0n) is 17.7. The van der Waals surface area contributed by atoms with Crippen molar-refractivity contribution in [1.82, 2.24) is 14.5 Å². The number of aryl methyl sites for hydroxylation is 1. The van der Waals surface area contributed by atoms with Crippen LogP contribution in [0.3, 0.4) is 0 Å². The van der Waals surface area contributed by atoms with Gasteiger partial charge in [0.15, 0.2) is 0 Å². The normalized spacial score (nSPS) is 13.0. The smallest absolute Gasteiger partial charge is 0.405 e. The molecule has 0 aromatic carbocycles. The van der Waals surface area contributed by atoms with Crippen molar-refractivity contribution in [2.75, 3.05) is 6.61 Å². The molecule has 3 N–H and O–H groups in total. The molecule has 0 spiro atoms. The summed E-state index contributed by atoms with van der Waals surface area (Å²) < 4.78 is 7.46. The maximum atomic E-state index is 11.7. The standard InChI is InChI=1S/C21H32N4O3/c1-13(2)17-15(8-7-9-23-17)18-19(25(10-11-26)14(3)24-18)16(28-20(22)27)12-21(4,5)6/h7-9,13,16,26H,10-12H2,1-6H3,(H2,22,27). The molecule has 7 nitrogen and oxygen atoms in total. The first-order valence-corrected chi connectivity index (χ1v) is 9.64. The van der Waals surface area contributed by atoms with Crippen LogP contribution < -0.4 is 5.73 Å². The van der Waals surface area contributed by atoms with E-state index in [-0.39, 0.29) is 17.9 Å². The van der Waals surface area contributed by atoms with Crippen LogP contribution in [-0.2, 0) is 11.3 Å². The Labute approximate surface area is 167 Å². The second-order valence-electron chi connectivity index (χ2n) is 8.55. The minimum atomic E-state index is -0.829. The summed E-state index contributed by atoms with van der Waals surface area (Å²) in [6.07, 6.45) is 0.921. The highest BCUT2D eigenvalue weighted by Crippen LogP contribution is 2.39. The highest BCUT2D eigenvalue weighted by Gasteiger charge is 2.31. The average molecular weight is 389 g/mol. The Morgan fingerprint density at radius 2 is 2.04 bits per heavy atom. The largest absolute Gasteiger partial charge is 0.440 e. The van der Waals surface area contributed by atoms with Crippen molar-refractivity contribution in [3.8, 4) is 11.3 Å². The Morgan fingerprint density at radius 1 is 1.36 bits per heavy atom. The highest BCUT2D eigenvalue weighted by atomic mass is 16.6. The number of ether oxygens (including phenoxy) is 1. The Morgan fingerprint density at radius 3 is 2.57 bits per heavy atom. The number of carbonyl (C=O) groups is 1. The molecule has 1 atom stereocenters. The van der Waals surface area contributed by atoms with Gasteiger partial charge in [-0.3, -0.25) is 4.98 Å². The van der Waals surface area contributed by atoms with E-state index in [0.29, 0.717) is 13.0 Å². The van der Waals surface area contributed by atoms with Gasteiger partial charge in [-0.25, -0.2) is 9.78 Å². The number of hydrogen-bond acceptors (Lipinski definition) is 5. The first-order valence-electron chi connectivity index (χ1n) is 9.64. The van der Waals surface area contributed by atoms with Crippen molar-refractivity contribution in [1.29, 1.82) is 0 Å². The summed E-state index contributed by atoms with van der Waals surface area (Å²) in [5.74, 6) is 0.940. The Hall–Kier alpha value is -2.41. The van der Waals surface area contributed by atoms with E-state index in [9.17, 15) is 9.90 Å². The fourth-order valence-electron chi connectivity index (χ4n) is 3.46. The van der Waals surface area contributed by atoms with Crippen molar-refractivity contribution < 1.29 is 14.6 Å². The average Bonchev–Trinajstić information content (AvgIpc) is 2.89. The van der Waals surface area contributed by atoms with E-state index in [4.69, 9.17) is 15.5 Å². The summed E-state index contributed by atoms with van der Waals surface area (Å²) in [5, 5.41) is 9.59. The van der Waals surface area contributed by atoms with E-state index in [1.54, 1.807) is 6.20 Å². The molecule has 2 rings (SSSR count). The second-order valence-corrected chi connectivity index (χ2v) is 8.55. The van der Waals surface area contributed by atoms with Crippen LogP contribution in [0.25, 0.3) is 11.3 Å². The van der Waals surface area contributed by atoms with E-state index in [0.717, 1.165) is 28.5 Å². The lowest BCUT2D eigenvalue weighted by molar-refractivity contribution is 0.0737. The first-order chi connectivity index (χ1) is 13.0. The van der Waals surface area contributed by atoms with Crippen LogP contribution in [0.15, 0.2) is 18.3 Å². The molecule has 2 aromatic rings. The molecule has 7 heteroatoms. The second kappa shape index (κ2) is 8.73. The maximum Gasteiger partial charge on any atom is 0.405 e. The topological polar surface area (TPSA) is 103 Å². The number of aromatic nitrogens is 3. The molecular weight excluding hydrogens is 356 g/mol. The fourth-order valence-corrected chi connectivity index (χ4v) is 3.46. The van der Waals surface area contributed by atoms with Gasteiger partial charge in [-0.15, -0.1) is 0 Å². The molecule has 1 amide bonds. The summed E-state index contributed by atoms with van der Waals surface area (Å²) in [6, 6.07) is 3.86. The number of primary amides is 1. The van der Waals surface area contributed by atoms with Crippen LogP contribution in [0.2, 0.25) is 0 Å². The minimum Gasteiger partial charge on any atom is -0.440 e. The number of amides is 1. The molecule has 2 heterocycles. The van der Waals surface area contributed by atoms with Crippen molar-refractivity contribution in [2.45, 2.75) is 66.5 Å². The molecule has 0 bridgehead atoms. The molecule has 1 unspecified atom stereocenters. The number of carbonyl (C=O) groups excluding carboxylic acids is 1.